The van der Waals surface area contributed by atoms with Crippen molar-refractivity contribution in [3.8, 4) is 0 Å². The molecule has 0 saturated heterocycles. The molecule has 3 N–H and O–H groups in total. The minimum absolute atomic E-state index is 0.0299. The van der Waals surface area contributed by atoms with E-state index >= 15 is 0 Å². The van der Waals surface area contributed by atoms with Gasteiger partial charge in [-0.2, -0.15) is 0 Å². The van der Waals surface area contributed by atoms with Crippen LogP contribution >= 0.6 is 0 Å². The topological polar surface area (TPSA) is 66.6 Å². The van der Waals surface area contributed by atoms with Crippen LogP contribution in [0.3, 0.4) is 0 Å². The first-order chi connectivity index (χ1) is 5.95. The lowest BCUT2D eigenvalue weighted by Gasteiger charge is -2.34. The highest BCUT2D eigenvalue weighted by molar-refractivity contribution is 5.76. The molecule has 0 fully saturated rings. The predicted molar refractivity (Wildman–Crippen MR) is 52.2 cm³/mol. The van der Waals surface area contributed by atoms with Gasteiger partial charge in [0.1, 0.15) is 0 Å². The number of hydrogen-bond acceptors (Lipinski definition) is 3. The molecule has 0 unspecified atom stereocenters. The van der Waals surface area contributed by atoms with Gasteiger partial charge in [-0.05, 0) is 26.8 Å². The van der Waals surface area contributed by atoms with E-state index in [2.05, 4.69) is 0 Å². The Morgan fingerprint density at radius 1 is 1.54 bits per heavy atom. The van der Waals surface area contributed by atoms with E-state index < -0.39 is 5.54 Å². The van der Waals surface area contributed by atoms with Gasteiger partial charge in [-0.3, -0.25) is 4.79 Å². The van der Waals surface area contributed by atoms with Crippen molar-refractivity contribution in [2.45, 2.75) is 32.2 Å². The Hall–Kier alpha value is -0.610. The lowest BCUT2D eigenvalue weighted by atomic mass is 10.0. The van der Waals surface area contributed by atoms with Gasteiger partial charge in [0.25, 0.3) is 0 Å². The van der Waals surface area contributed by atoms with Crippen molar-refractivity contribution in [2.24, 2.45) is 5.73 Å². The van der Waals surface area contributed by atoms with Gasteiger partial charge in [-0.1, -0.05) is 0 Å². The molecule has 0 aromatic carbocycles. The lowest BCUT2D eigenvalue weighted by molar-refractivity contribution is -0.136. The standard InChI is InChI=1S/C9H20N2O2/c1-9(2,7-12)11(3)8(13)5-4-6-10/h12H,4-7,10H2,1-3H3. The Bertz CT molecular complexity index is 169. The molecular weight excluding hydrogens is 168 g/mol. The van der Waals surface area contributed by atoms with E-state index in [1.54, 1.807) is 11.9 Å². The van der Waals surface area contributed by atoms with Crippen molar-refractivity contribution in [3.63, 3.8) is 0 Å². The van der Waals surface area contributed by atoms with Gasteiger partial charge in [0, 0.05) is 13.5 Å². The van der Waals surface area contributed by atoms with E-state index in [1.807, 2.05) is 13.8 Å². The highest BCUT2D eigenvalue weighted by Gasteiger charge is 2.25. The van der Waals surface area contributed by atoms with Crippen LogP contribution in [0.5, 0.6) is 0 Å². The third-order valence-electron chi connectivity index (χ3n) is 2.26. The van der Waals surface area contributed by atoms with Gasteiger partial charge in [-0.15, -0.1) is 0 Å². The summed E-state index contributed by atoms with van der Waals surface area (Å²) in [6.45, 7) is 4.15. The summed E-state index contributed by atoms with van der Waals surface area (Å²) in [5, 5.41) is 9.02. The van der Waals surface area contributed by atoms with Gasteiger partial charge < -0.3 is 15.7 Å². The summed E-state index contributed by atoms with van der Waals surface area (Å²) in [7, 11) is 1.70. The number of carbonyl (C=O) groups excluding carboxylic acids is 1. The molecule has 0 aliphatic carbocycles. The van der Waals surface area contributed by atoms with Crippen LogP contribution in [0.15, 0.2) is 0 Å². The maximum absolute atomic E-state index is 11.5. The summed E-state index contributed by atoms with van der Waals surface area (Å²) in [4.78, 5) is 13.0. The molecular formula is C9H20N2O2. The monoisotopic (exact) mass is 188 g/mol. The Labute approximate surface area is 79.7 Å². The van der Waals surface area contributed by atoms with E-state index in [-0.39, 0.29) is 12.5 Å². The zero-order valence-corrected chi connectivity index (χ0v) is 8.71. The van der Waals surface area contributed by atoms with Gasteiger partial charge >= 0.3 is 0 Å². The molecule has 0 heterocycles. The fraction of sp³-hybridized carbons (Fsp3) is 0.889. The van der Waals surface area contributed by atoms with E-state index in [9.17, 15) is 4.79 Å². The number of likely N-dealkylation sites (N-methyl/N-ethyl adjacent to an activating group) is 1. The highest BCUT2D eigenvalue weighted by atomic mass is 16.3. The summed E-state index contributed by atoms with van der Waals surface area (Å²) in [6.07, 6.45) is 1.15. The molecule has 0 atom stereocenters. The Morgan fingerprint density at radius 3 is 2.46 bits per heavy atom. The smallest absolute Gasteiger partial charge is 0.222 e. The van der Waals surface area contributed by atoms with Crippen molar-refractivity contribution < 1.29 is 9.90 Å². The van der Waals surface area contributed by atoms with E-state index in [0.29, 0.717) is 19.4 Å². The molecule has 0 aliphatic rings. The summed E-state index contributed by atoms with van der Waals surface area (Å²) in [5.41, 5.74) is 4.82. The van der Waals surface area contributed by atoms with Crippen LogP contribution in [0.1, 0.15) is 26.7 Å². The summed E-state index contributed by atoms with van der Waals surface area (Å²) >= 11 is 0. The summed E-state index contributed by atoms with van der Waals surface area (Å²) < 4.78 is 0. The lowest BCUT2D eigenvalue weighted by Crippen LogP contribution is -2.47. The molecule has 4 heteroatoms. The van der Waals surface area contributed by atoms with Gasteiger partial charge in [0.05, 0.1) is 12.1 Å². The molecule has 4 nitrogen and oxygen atoms in total. The molecule has 0 radical (unpaired) electrons. The number of carbonyl (C=O) groups is 1. The van der Waals surface area contributed by atoms with Crippen molar-refractivity contribution in [1.29, 1.82) is 0 Å². The third-order valence-corrected chi connectivity index (χ3v) is 2.26. The zero-order chi connectivity index (χ0) is 10.5. The largest absolute Gasteiger partial charge is 0.394 e. The van der Waals surface area contributed by atoms with Crippen LogP contribution in [0, 0.1) is 0 Å². The first-order valence-electron chi connectivity index (χ1n) is 4.53. The van der Waals surface area contributed by atoms with Crippen LogP contribution in [0.25, 0.3) is 0 Å². The maximum Gasteiger partial charge on any atom is 0.222 e. The quantitative estimate of drug-likeness (QED) is 0.636. The van der Waals surface area contributed by atoms with Crippen molar-refractivity contribution >= 4 is 5.91 Å². The van der Waals surface area contributed by atoms with Crippen LogP contribution in [-0.2, 0) is 4.79 Å². The number of nitrogens with two attached hydrogens (primary N) is 1. The molecule has 0 aromatic heterocycles. The van der Waals surface area contributed by atoms with Gasteiger partial charge in [0.2, 0.25) is 5.91 Å². The van der Waals surface area contributed by atoms with E-state index in [4.69, 9.17) is 10.8 Å². The SMILES string of the molecule is CN(C(=O)CCCN)C(C)(C)CO. The van der Waals surface area contributed by atoms with Crippen molar-refractivity contribution in [2.75, 3.05) is 20.2 Å². The predicted octanol–water partition coefficient (Wildman–Crippen LogP) is -0.0454. The first-order valence-corrected chi connectivity index (χ1v) is 4.53. The minimum atomic E-state index is -0.480. The molecule has 0 saturated carbocycles. The average molecular weight is 188 g/mol. The second-order valence-electron chi connectivity index (χ2n) is 3.82. The fourth-order valence-corrected chi connectivity index (χ4v) is 0.865. The third kappa shape index (κ3) is 3.74. The van der Waals surface area contributed by atoms with Crippen LogP contribution in [0.4, 0.5) is 0 Å². The Kier molecular flexibility index (Phi) is 4.95. The molecule has 0 rings (SSSR count). The van der Waals surface area contributed by atoms with Gasteiger partial charge in [0.15, 0.2) is 0 Å². The van der Waals surface area contributed by atoms with Crippen LogP contribution in [0.2, 0.25) is 0 Å². The number of rotatable bonds is 5. The normalized spacial score (nSPS) is 11.5. The first kappa shape index (κ1) is 12.4. The molecule has 1 amide bonds. The average Bonchev–Trinajstić information content (AvgIpc) is 2.12. The number of aliphatic hydroxyl groups is 1. The Morgan fingerprint density at radius 2 is 2.08 bits per heavy atom. The van der Waals surface area contributed by atoms with Gasteiger partial charge in [-0.25, -0.2) is 0 Å². The Balaban J connectivity index is 4.09. The molecule has 0 aromatic rings. The highest BCUT2D eigenvalue weighted by Crippen LogP contribution is 2.12. The second-order valence-corrected chi connectivity index (χ2v) is 3.82. The molecule has 0 spiro atoms. The fourth-order valence-electron chi connectivity index (χ4n) is 0.865. The molecule has 0 aliphatic heterocycles. The van der Waals surface area contributed by atoms with Crippen molar-refractivity contribution in [3.05, 3.63) is 0 Å². The number of aliphatic hydroxyl groups excluding tert-OH is 1. The van der Waals surface area contributed by atoms with Crippen molar-refractivity contribution in [1.82, 2.24) is 4.90 Å². The number of hydrogen-bond donors (Lipinski definition) is 2. The zero-order valence-electron chi connectivity index (χ0n) is 8.71. The minimum Gasteiger partial charge on any atom is -0.394 e. The van der Waals surface area contributed by atoms with E-state index in [0.717, 1.165) is 0 Å². The molecule has 78 valence electrons. The number of amides is 1. The summed E-state index contributed by atoms with van der Waals surface area (Å²) in [6, 6.07) is 0. The number of nitrogens with zero attached hydrogens (tertiary/aromatic N) is 1. The summed E-state index contributed by atoms with van der Waals surface area (Å²) in [5.74, 6) is 0.0319. The second kappa shape index (κ2) is 5.19. The van der Waals surface area contributed by atoms with Crippen LogP contribution in [-0.4, -0.2) is 41.7 Å². The molecule has 0 bridgehead atoms. The maximum atomic E-state index is 11.5. The molecule has 13 heavy (non-hydrogen) atoms. The van der Waals surface area contributed by atoms with Crippen LogP contribution < -0.4 is 5.73 Å². The van der Waals surface area contributed by atoms with E-state index in [1.165, 1.54) is 0 Å².